The highest BCUT2D eigenvalue weighted by molar-refractivity contribution is 5.32. The average molecular weight is 232 g/mol. The van der Waals surface area contributed by atoms with Crippen LogP contribution in [0.25, 0.3) is 0 Å². The Labute approximate surface area is 101 Å². The SMILES string of the molecule is C#CCN1CCN(c2nccc(OC)n2)CC1. The van der Waals surface area contributed by atoms with E-state index in [9.17, 15) is 0 Å². The van der Waals surface area contributed by atoms with Crippen molar-refractivity contribution in [1.29, 1.82) is 0 Å². The van der Waals surface area contributed by atoms with Crippen LogP contribution in [0.2, 0.25) is 0 Å². The van der Waals surface area contributed by atoms with Crippen molar-refractivity contribution in [2.45, 2.75) is 0 Å². The Hall–Kier alpha value is -1.80. The van der Waals surface area contributed by atoms with Gasteiger partial charge in [-0.15, -0.1) is 6.42 Å². The van der Waals surface area contributed by atoms with Crippen LogP contribution in [0.3, 0.4) is 0 Å². The predicted octanol–water partition coefficient (Wildman–Crippen LogP) is 0.240. The molecule has 1 aliphatic rings. The Morgan fingerprint density at radius 1 is 1.41 bits per heavy atom. The summed E-state index contributed by atoms with van der Waals surface area (Å²) >= 11 is 0. The molecule has 5 nitrogen and oxygen atoms in total. The van der Waals surface area contributed by atoms with Gasteiger partial charge in [0.15, 0.2) is 0 Å². The Morgan fingerprint density at radius 3 is 2.82 bits per heavy atom. The molecule has 2 rings (SSSR count). The van der Waals surface area contributed by atoms with Crippen LogP contribution in [-0.4, -0.2) is 54.7 Å². The van der Waals surface area contributed by atoms with E-state index < -0.39 is 0 Å². The lowest BCUT2D eigenvalue weighted by Crippen LogP contribution is -2.47. The summed E-state index contributed by atoms with van der Waals surface area (Å²) in [5, 5.41) is 0. The van der Waals surface area contributed by atoms with Crippen LogP contribution >= 0.6 is 0 Å². The minimum absolute atomic E-state index is 0.598. The molecular formula is C12H16N4O. The second kappa shape index (κ2) is 5.51. The molecule has 1 aromatic heterocycles. The van der Waals surface area contributed by atoms with Gasteiger partial charge in [0.05, 0.1) is 13.7 Å². The molecular weight excluding hydrogens is 216 g/mol. The van der Waals surface area contributed by atoms with Crippen molar-refractivity contribution in [3.8, 4) is 18.2 Å². The van der Waals surface area contributed by atoms with Gasteiger partial charge in [0.1, 0.15) is 0 Å². The molecule has 2 heterocycles. The molecule has 1 aliphatic heterocycles. The summed E-state index contributed by atoms with van der Waals surface area (Å²) in [6, 6.07) is 1.75. The van der Waals surface area contributed by atoms with E-state index in [-0.39, 0.29) is 0 Å². The van der Waals surface area contributed by atoms with Crippen LogP contribution in [-0.2, 0) is 0 Å². The van der Waals surface area contributed by atoms with Gasteiger partial charge in [0.2, 0.25) is 11.8 Å². The van der Waals surface area contributed by atoms with Crippen LogP contribution in [0.1, 0.15) is 0 Å². The minimum atomic E-state index is 0.598. The first-order valence-corrected chi connectivity index (χ1v) is 5.61. The lowest BCUT2D eigenvalue weighted by atomic mass is 10.3. The van der Waals surface area contributed by atoms with Gasteiger partial charge in [0, 0.05) is 38.4 Å². The van der Waals surface area contributed by atoms with Crippen LogP contribution in [0.5, 0.6) is 5.88 Å². The van der Waals surface area contributed by atoms with E-state index in [0.29, 0.717) is 12.4 Å². The molecule has 0 spiro atoms. The molecule has 1 saturated heterocycles. The average Bonchev–Trinajstić information content (AvgIpc) is 2.40. The smallest absolute Gasteiger partial charge is 0.228 e. The summed E-state index contributed by atoms with van der Waals surface area (Å²) in [4.78, 5) is 13.0. The van der Waals surface area contributed by atoms with Crippen molar-refractivity contribution < 1.29 is 4.74 Å². The number of terminal acetylenes is 1. The highest BCUT2D eigenvalue weighted by atomic mass is 16.5. The molecule has 0 N–H and O–H groups in total. The first kappa shape index (κ1) is 11.7. The van der Waals surface area contributed by atoms with Crippen molar-refractivity contribution in [1.82, 2.24) is 14.9 Å². The highest BCUT2D eigenvalue weighted by Gasteiger charge is 2.18. The van der Waals surface area contributed by atoms with E-state index in [2.05, 4.69) is 25.7 Å². The van der Waals surface area contributed by atoms with Crippen LogP contribution in [0, 0.1) is 12.3 Å². The Kier molecular flexibility index (Phi) is 3.78. The van der Waals surface area contributed by atoms with Crippen LogP contribution < -0.4 is 9.64 Å². The van der Waals surface area contributed by atoms with Crippen molar-refractivity contribution in [2.24, 2.45) is 0 Å². The number of piperazine rings is 1. The van der Waals surface area contributed by atoms with E-state index in [1.807, 2.05) is 0 Å². The van der Waals surface area contributed by atoms with E-state index in [1.54, 1.807) is 19.4 Å². The molecule has 0 amide bonds. The number of methoxy groups -OCH3 is 1. The fourth-order valence-corrected chi connectivity index (χ4v) is 1.83. The summed E-state index contributed by atoms with van der Waals surface area (Å²) in [5.74, 6) is 3.99. The zero-order valence-electron chi connectivity index (χ0n) is 9.96. The quantitative estimate of drug-likeness (QED) is 0.698. The van der Waals surface area contributed by atoms with Crippen molar-refractivity contribution in [3.05, 3.63) is 12.3 Å². The second-order valence-corrected chi connectivity index (χ2v) is 3.87. The number of nitrogens with zero attached hydrogens (tertiary/aromatic N) is 4. The van der Waals surface area contributed by atoms with Gasteiger partial charge >= 0.3 is 0 Å². The summed E-state index contributed by atoms with van der Waals surface area (Å²) < 4.78 is 5.09. The molecule has 0 radical (unpaired) electrons. The fraction of sp³-hybridized carbons (Fsp3) is 0.500. The third-order valence-electron chi connectivity index (χ3n) is 2.80. The van der Waals surface area contributed by atoms with Gasteiger partial charge in [-0.3, -0.25) is 4.90 Å². The van der Waals surface area contributed by atoms with Gasteiger partial charge < -0.3 is 9.64 Å². The number of hydrogen-bond donors (Lipinski definition) is 0. The number of rotatable bonds is 3. The molecule has 0 aromatic carbocycles. The third-order valence-corrected chi connectivity index (χ3v) is 2.80. The zero-order chi connectivity index (χ0) is 12.1. The summed E-state index contributed by atoms with van der Waals surface area (Å²) in [6.45, 7) is 4.41. The number of anilines is 1. The standard InChI is InChI=1S/C12H16N4O/c1-3-6-15-7-9-16(10-8-15)12-13-5-4-11(14-12)17-2/h1,4-5H,6-10H2,2H3. The maximum absolute atomic E-state index is 5.30. The van der Waals surface area contributed by atoms with Gasteiger partial charge in [0.25, 0.3) is 0 Å². The monoisotopic (exact) mass is 232 g/mol. The predicted molar refractivity (Wildman–Crippen MR) is 66.1 cm³/mol. The molecule has 5 heteroatoms. The van der Waals surface area contributed by atoms with Crippen LogP contribution in [0.4, 0.5) is 5.95 Å². The second-order valence-electron chi connectivity index (χ2n) is 3.87. The largest absolute Gasteiger partial charge is 0.481 e. The lowest BCUT2D eigenvalue weighted by Gasteiger charge is -2.33. The van der Waals surface area contributed by atoms with Crippen LogP contribution in [0.15, 0.2) is 12.3 Å². The molecule has 1 aromatic rings. The topological polar surface area (TPSA) is 41.5 Å². The highest BCUT2D eigenvalue weighted by Crippen LogP contribution is 2.14. The van der Waals surface area contributed by atoms with Gasteiger partial charge in [-0.05, 0) is 0 Å². The Balaban J connectivity index is 1.98. The molecule has 17 heavy (non-hydrogen) atoms. The van der Waals surface area contributed by atoms with E-state index in [4.69, 9.17) is 11.2 Å². The summed E-state index contributed by atoms with van der Waals surface area (Å²) in [5.41, 5.74) is 0. The third kappa shape index (κ3) is 2.86. The number of hydrogen-bond acceptors (Lipinski definition) is 5. The molecule has 0 saturated carbocycles. The van der Waals surface area contributed by atoms with E-state index in [0.717, 1.165) is 32.1 Å². The molecule has 0 aliphatic carbocycles. The van der Waals surface area contributed by atoms with Gasteiger partial charge in [-0.1, -0.05) is 5.92 Å². The van der Waals surface area contributed by atoms with Gasteiger partial charge in [-0.2, -0.15) is 4.98 Å². The maximum atomic E-state index is 5.30. The lowest BCUT2D eigenvalue weighted by molar-refractivity contribution is 0.286. The number of aromatic nitrogens is 2. The first-order valence-electron chi connectivity index (χ1n) is 5.61. The van der Waals surface area contributed by atoms with E-state index in [1.165, 1.54) is 0 Å². The molecule has 1 fully saturated rings. The minimum Gasteiger partial charge on any atom is -0.481 e. The Morgan fingerprint density at radius 2 is 2.18 bits per heavy atom. The first-order chi connectivity index (χ1) is 8.33. The maximum Gasteiger partial charge on any atom is 0.228 e. The van der Waals surface area contributed by atoms with Crippen molar-refractivity contribution in [3.63, 3.8) is 0 Å². The fourth-order valence-electron chi connectivity index (χ4n) is 1.83. The number of ether oxygens (including phenoxy) is 1. The zero-order valence-corrected chi connectivity index (χ0v) is 9.96. The normalized spacial score (nSPS) is 16.6. The summed E-state index contributed by atoms with van der Waals surface area (Å²) in [7, 11) is 1.61. The Bertz CT molecular complexity index is 407. The molecule has 0 unspecified atom stereocenters. The van der Waals surface area contributed by atoms with Gasteiger partial charge in [-0.25, -0.2) is 4.98 Å². The summed E-state index contributed by atoms with van der Waals surface area (Å²) in [6.07, 6.45) is 7.01. The molecule has 0 atom stereocenters. The van der Waals surface area contributed by atoms with E-state index >= 15 is 0 Å². The van der Waals surface area contributed by atoms with Crippen molar-refractivity contribution in [2.75, 3.05) is 44.7 Å². The molecule has 90 valence electrons. The molecule has 0 bridgehead atoms. The van der Waals surface area contributed by atoms with Crippen molar-refractivity contribution >= 4 is 5.95 Å².